The third-order valence-corrected chi connectivity index (χ3v) is 18.7. The summed E-state index contributed by atoms with van der Waals surface area (Å²) in [4.78, 5) is 38.0. The number of rotatable bonds is 71. The van der Waals surface area contributed by atoms with Crippen LogP contribution in [0.2, 0.25) is 0 Å². The van der Waals surface area contributed by atoms with Crippen LogP contribution in [0.15, 0.2) is 12.2 Å². The Hall–Kier alpha value is -1.25. The van der Waals surface area contributed by atoms with Gasteiger partial charge in [-0.3, -0.25) is 18.6 Å². The second-order valence-corrected chi connectivity index (χ2v) is 29.0. The van der Waals surface area contributed by atoms with E-state index < -0.39 is 20.0 Å². The average Bonchev–Trinajstić information content (AvgIpc) is 3.51. The number of unbranched alkanes of at least 4 members (excludes halogenated alkanes) is 55. The fraction of sp³-hybridized carbons (Fsp3) is 0.947. The Morgan fingerprint density at radius 1 is 0.400 bits per heavy atom. The number of phosphoric ester groups is 1. The first-order chi connectivity index (χ1) is 41.4. The molecule has 506 valence electrons. The van der Waals surface area contributed by atoms with Gasteiger partial charge in [0.1, 0.15) is 19.3 Å². The summed E-state index contributed by atoms with van der Waals surface area (Å²) in [6.07, 6.45) is 79.5. The van der Waals surface area contributed by atoms with Gasteiger partial charge in [-0.25, -0.2) is 4.57 Å². The third-order valence-electron chi connectivity index (χ3n) is 17.7. The highest BCUT2D eigenvalue weighted by Gasteiger charge is 2.30. The van der Waals surface area contributed by atoms with Crippen molar-refractivity contribution in [2.45, 2.75) is 418 Å². The van der Waals surface area contributed by atoms with E-state index in [1.807, 2.05) is 27.2 Å². The maximum absolute atomic E-state index is 13.6. The summed E-state index contributed by atoms with van der Waals surface area (Å²) in [6.45, 7) is 7.11. The van der Waals surface area contributed by atoms with Gasteiger partial charge in [-0.15, -0.1) is 0 Å². The first kappa shape index (κ1) is 83.8. The molecule has 2 N–H and O–H groups in total. The lowest BCUT2D eigenvalue weighted by Gasteiger charge is -2.27. The van der Waals surface area contributed by atoms with Crippen molar-refractivity contribution in [2.75, 3.05) is 40.9 Å². The van der Waals surface area contributed by atoms with Crippen LogP contribution in [0.1, 0.15) is 406 Å². The van der Waals surface area contributed by atoms with E-state index in [4.69, 9.17) is 13.8 Å². The molecular formula is C75H150N2O7P+. The van der Waals surface area contributed by atoms with E-state index in [-0.39, 0.29) is 25.1 Å². The van der Waals surface area contributed by atoms with Crippen molar-refractivity contribution in [1.29, 1.82) is 0 Å². The fourth-order valence-corrected chi connectivity index (χ4v) is 12.6. The molecule has 0 heterocycles. The lowest BCUT2D eigenvalue weighted by atomic mass is 10.0. The third kappa shape index (κ3) is 67.0. The predicted molar refractivity (Wildman–Crippen MR) is 370 cm³/mol. The smallest absolute Gasteiger partial charge is 0.456 e. The lowest BCUT2D eigenvalue weighted by Crippen LogP contribution is -2.47. The highest BCUT2D eigenvalue weighted by atomic mass is 31.2. The molecule has 0 aliphatic carbocycles. The number of carbonyl (C=O) groups excluding carboxylic acids is 2. The molecule has 0 aromatic carbocycles. The molecule has 0 fully saturated rings. The average molecular weight is 1220 g/mol. The number of hydrogen-bond donors (Lipinski definition) is 2. The molecule has 0 aliphatic heterocycles. The molecule has 9 nitrogen and oxygen atoms in total. The van der Waals surface area contributed by atoms with E-state index in [0.717, 1.165) is 57.8 Å². The number of nitrogens with one attached hydrogen (secondary N) is 1. The molecule has 0 saturated carbocycles. The highest BCUT2D eigenvalue weighted by molar-refractivity contribution is 7.47. The van der Waals surface area contributed by atoms with Crippen LogP contribution in [0.3, 0.4) is 0 Å². The van der Waals surface area contributed by atoms with Crippen LogP contribution in [-0.4, -0.2) is 74.3 Å². The summed E-state index contributed by atoms with van der Waals surface area (Å²) >= 11 is 0. The lowest BCUT2D eigenvalue weighted by molar-refractivity contribution is -0.870. The van der Waals surface area contributed by atoms with Crippen LogP contribution in [0, 0.1) is 0 Å². The predicted octanol–water partition coefficient (Wildman–Crippen LogP) is 24.2. The summed E-state index contributed by atoms with van der Waals surface area (Å²) < 4.78 is 30.9. The summed E-state index contributed by atoms with van der Waals surface area (Å²) in [7, 11) is 1.53. The Labute approximate surface area is 531 Å². The number of phosphoric acid groups is 1. The molecule has 1 amide bonds. The van der Waals surface area contributed by atoms with E-state index >= 15 is 0 Å². The molecule has 0 aliphatic rings. The van der Waals surface area contributed by atoms with Gasteiger partial charge >= 0.3 is 13.8 Å². The zero-order chi connectivity index (χ0) is 62.1. The van der Waals surface area contributed by atoms with Gasteiger partial charge in [-0.05, 0) is 31.8 Å². The molecule has 3 atom stereocenters. The minimum atomic E-state index is -4.45. The van der Waals surface area contributed by atoms with Gasteiger partial charge in [-0.2, -0.15) is 0 Å². The molecule has 10 heteroatoms. The van der Waals surface area contributed by atoms with E-state index in [2.05, 4.69) is 32.2 Å². The summed E-state index contributed by atoms with van der Waals surface area (Å²) in [5, 5.41) is 3.09. The Bertz CT molecular complexity index is 1450. The zero-order valence-corrected chi connectivity index (χ0v) is 59.0. The zero-order valence-electron chi connectivity index (χ0n) is 58.1. The number of hydrogen-bond acceptors (Lipinski definition) is 6. The van der Waals surface area contributed by atoms with E-state index in [1.165, 1.54) is 315 Å². The second kappa shape index (κ2) is 65.7. The van der Waals surface area contributed by atoms with Crippen LogP contribution in [0.5, 0.6) is 0 Å². The standard InChI is InChI=1S/C75H149N2O7P/c1-7-10-13-16-19-22-25-28-30-32-34-35-36-37-38-39-40-41-43-45-47-50-53-56-59-62-65-68-75(79)84-73(66-63-60-57-54-51-48-27-24-21-18-15-12-9-3)72(71-83-85(80,81)82-70-69-77(4,5)6)76-74(78)67-64-61-58-55-52-49-46-44-42-33-31-29-26-23-20-17-14-11-8-2/h63,66,72-73H,7-62,64-65,67-71H2,1-6H3,(H-,76,78,80,81)/p+1/b66-63-. The van der Waals surface area contributed by atoms with Gasteiger partial charge in [0.15, 0.2) is 0 Å². The Kier molecular flexibility index (Phi) is 64.7. The minimum absolute atomic E-state index is 0.0463. The van der Waals surface area contributed by atoms with E-state index in [0.29, 0.717) is 23.9 Å². The van der Waals surface area contributed by atoms with Crippen LogP contribution in [-0.2, 0) is 27.9 Å². The Balaban J connectivity index is 4.95. The van der Waals surface area contributed by atoms with Crippen molar-refractivity contribution in [1.82, 2.24) is 5.32 Å². The number of allylic oxidation sites excluding steroid dienone is 1. The molecule has 0 rings (SSSR count). The van der Waals surface area contributed by atoms with Crippen molar-refractivity contribution in [2.24, 2.45) is 0 Å². The molecule has 0 aromatic rings. The number of nitrogens with zero attached hydrogens (tertiary/aromatic N) is 1. The number of esters is 1. The van der Waals surface area contributed by atoms with Gasteiger partial charge in [0, 0.05) is 12.8 Å². The van der Waals surface area contributed by atoms with Crippen LogP contribution >= 0.6 is 7.82 Å². The second-order valence-electron chi connectivity index (χ2n) is 27.5. The van der Waals surface area contributed by atoms with Gasteiger partial charge in [0.2, 0.25) is 5.91 Å². The number of likely N-dealkylation sites (N-methyl/N-ethyl adjacent to an activating group) is 1. The largest absolute Gasteiger partial charge is 0.472 e. The minimum Gasteiger partial charge on any atom is -0.456 e. The number of amides is 1. The van der Waals surface area contributed by atoms with Crippen molar-refractivity contribution in [3.8, 4) is 0 Å². The summed E-state index contributed by atoms with van der Waals surface area (Å²) in [5.74, 6) is -0.474. The molecule has 0 spiro atoms. The molecule has 0 saturated heterocycles. The number of ether oxygens (including phenoxy) is 1. The van der Waals surface area contributed by atoms with E-state index in [9.17, 15) is 19.0 Å². The molecule has 0 bridgehead atoms. The number of carbonyl (C=O) groups is 2. The SMILES string of the molecule is CCCCCCCCCCCCC/C=C\C(OC(=O)CCCCCCCCCCCCCCCCCCCCCCCCCCCCC)C(COP(=O)(O)OCC[N+](C)(C)C)NC(=O)CCCCCCCCCCCCCCCCCCCCC. The summed E-state index contributed by atoms with van der Waals surface area (Å²) in [5.41, 5.74) is 0. The molecular weight excluding hydrogens is 1070 g/mol. The first-order valence-corrected chi connectivity index (χ1v) is 39.5. The van der Waals surface area contributed by atoms with Crippen molar-refractivity contribution >= 4 is 19.7 Å². The monoisotopic (exact) mass is 1220 g/mol. The normalized spacial score (nSPS) is 13.4. The quantitative estimate of drug-likeness (QED) is 0.0205. The van der Waals surface area contributed by atoms with E-state index in [1.54, 1.807) is 0 Å². The molecule has 0 aromatic heterocycles. The van der Waals surface area contributed by atoms with Crippen molar-refractivity contribution < 1.29 is 37.3 Å². The Morgan fingerprint density at radius 3 is 0.965 bits per heavy atom. The molecule has 85 heavy (non-hydrogen) atoms. The maximum atomic E-state index is 13.6. The van der Waals surface area contributed by atoms with Gasteiger partial charge < -0.3 is 19.4 Å². The first-order valence-electron chi connectivity index (χ1n) is 38.0. The van der Waals surface area contributed by atoms with Crippen molar-refractivity contribution in [3.05, 3.63) is 12.2 Å². The van der Waals surface area contributed by atoms with Crippen LogP contribution in [0.4, 0.5) is 0 Å². The van der Waals surface area contributed by atoms with Gasteiger partial charge in [-0.1, -0.05) is 374 Å². The highest BCUT2D eigenvalue weighted by Crippen LogP contribution is 2.43. The Morgan fingerprint density at radius 2 is 0.671 bits per heavy atom. The van der Waals surface area contributed by atoms with Gasteiger partial charge in [0.25, 0.3) is 0 Å². The van der Waals surface area contributed by atoms with Crippen molar-refractivity contribution in [3.63, 3.8) is 0 Å². The van der Waals surface area contributed by atoms with Gasteiger partial charge in [0.05, 0.1) is 33.8 Å². The fourth-order valence-electron chi connectivity index (χ4n) is 11.9. The van der Waals surface area contributed by atoms with Crippen LogP contribution in [0.25, 0.3) is 0 Å². The number of quaternary nitrogens is 1. The molecule has 0 radical (unpaired) electrons. The maximum Gasteiger partial charge on any atom is 0.472 e. The molecule has 3 unspecified atom stereocenters. The topological polar surface area (TPSA) is 111 Å². The van der Waals surface area contributed by atoms with Crippen LogP contribution < -0.4 is 5.32 Å². The summed E-state index contributed by atoms with van der Waals surface area (Å²) in [6, 6.07) is -0.841.